The number of hydrogen-bond donors (Lipinski definition) is 2. The number of aryl methyl sites for hydroxylation is 1. The van der Waals surface area contributed by atoms with Crippen molar-refractivity contribution in [2.24, 2.45) is 0 Å². The average Bonchev–Trinajstić information content (AvgIpc) is 2.93. The number of piperazine rings is 1. The molecule has 5 heteroatoms. The summed E-state index contributed by atoms with van der Waals surface area (Å²) in [5.41, 5.74) is 1.43. The first-order valence-electron chi connectivity index (χ1n) is 8.13. The molecule has 0 aromatic carbocycles. The van der Waals surface area contributed by atoms with Gasteiger partial charge in [0, 0.05) is 50.7 Å². The minimum Gasteiger partial charge on any atom is -0.393 e. The maximum Gasteiger partial charge on any atom is 0.0572 e. The Kier molecular flexibility index (Phi) is 5.29. The van der Waals surface area contributed by atoms with E-state index in [1.165, 1.54) is 10.4 Å². The van der Waals surface area contributed by atoms with Crippen molar-refractivity contribution >= 4 is 11.3 Å². The highest BCUT2D eigenvalue weighted by molar-refractivity contribution is 7.10. The van der Waals surface area contributed by atoms with E-state index in [4.69, 9.17) is 0 Å². The fraction of sp³-hybridized carbons (Fsp3) is 0.750. The van der Waals surface area contributed by atoms with Crippen LogP contribution in [0.3, 0.4) is 0 Å². The van der Waals surface area contributed by atoms with Gasteiger partial charge >= 0.3 is 0 Å². The Balaban J connectivity index is 1.71. The van der Waals surface area contributed by atoms with Crippen LogP contribution in [0, 0.1) is 6.92 Å². The molecule has 4 nitrogen and oxygen atoms in total. The number of aliphatic hydroxyl groups excluding tert-OH is 1. The minimum absolute atomic E-state index is 0.0811. The lowest BCUT2D eigenvalue weighted by Crippen LogP contribution is -2.49. The van der Waals surface area contributed by atoms with E-state index in [0.29, 0.717) is 6.04 Å². The average molecular weight is 309 g/mol. The van der Waals surface area contributed by atoms with Gasteiger partial charge in [-0.3, -0.25) is 4.90 Å². The lowest BCUT2D eigenvalue weighted by atomic mass is 10.0. The summed E-state index contributed by atoms with van der Waals surface area (Å²) in [5.74, 6) is 0. The third-order valence-corrected chi connectivity index (χ3v) is 5.91. The van der Waals surface area contributed by atoms with Gasteiger partial charge in [-0.05, 0) is 36.8 Å². The zero-order valence-corrected chi connectivity index (χ0v) is 13.7. The van der Waals surface area contributed by atoms with Crippen LogP contribution in [-0.4, -0.2) is 66.8 Å². The van der Waals surface area contributed by atoms with Gasteiger partial charge in [0.1, 0.15) is 0 Å². The number of rotatable bonds is 4. The van der Waals surface area contributed by atoms with Gasteiger partial charge in [0.25, 0.3) is 0 Å². The summed E-state index contributed by atoms with van der Waals surface area (Å²) in [6.07, 6.45) is 1.78. The van der Waals surface area contributed by atoms with Crippen LogP contribution in [0.1, 0.15) is 29.3 Å². The molecule has 1 atom stereocenters. The van der Waals surface area contributed by atoms with E-state index in [2.05, 4.69) is 33.5 Å². The molecule has 0 saturated carbocycles. The molecule has 2 N–H and O–H groups in total. The first-order chi connectivity index (χ1) is 10.2. The number of hydrogen-bond acceptors (Lipinski definition) is 5. The summed E-state index contributed by atoms with van der Waals surface area (Å²) in [6, 6.07) is 2.76. The van der Waals surface area contributed by atoms with Crippen LogP contribution in [0.25, 0.3) is 0 Å². The Hall–Kier alpha value is -0.460. The van der Waals surface area contributed by atoms with E-state index in [1.54, 1.807) is 0 Å². The minimum atomic E-state index is -0.0811. The molecule has 2 aliphatic heterocycles. The largest absolute Gasteiger partial charge is 0.393 e. The van der Waals surface area contributed by atoms with E-state index >= 15 is 0 Å². The molecule has 2 saturated heterocycles. The number of likely N-dealkylation sites (tertiary alicyclic amines) is 1. The van der Waals surface area contributed by atoms with Gasteiger partial charge in [-0.2, -0.15) is 0 Å². The van der Waals surface area contributed by atoms with Crippen LogP contribution >= 0.6 is 11.3 Å². The highest BCUT2D eigenvalue weighted by Crippen LogP contribution is 2.30. The van der Waals surface area contributed by atoms with Crippen molar-refractivity contribution in [3.63, 3.8) is 0 Å². The second kappa shape index (κ2) is 7.20. The van der Waals surface area contributed by atoms with Gasteiger partial charge in [0.2, 0.25) is 0 Å². The molecule has 2 fully saturated rings. The summed E-state index contributed by atoms with van der Waals surface area (Å²) in [6.45, 7) is 9.88. The molecule has 1 aromatic rings. The molecule has 21 heavy (non-hydrogen) atoms. The van der Waals surface area contributed by atoms with E-state index in [1.807, 2.05) is 11.3 Å². The van der Waals surface area contributed by atoms with Crippen LogP contribution < -0.4 is 5.32 Å². The van der Waals surface area contributed by atoms with Crippen LogP contribution in [0.2, 0.25) is 0 Å². The van der Waals surface area contributed by atoms with Crippen molar-refractivity contribution in [1.29, 1.82) is 0 Å². The van der Waals surface area contributed by atoms with Crippen molar-refractivity contribution in [3.8, 4) is 0 Å². The van der Waals surface area contributed by atoms with Crippen LogP contribution in [0.15, 0.2) is 11.4 Å². The molecule has 1 aromatic heterocycles. The second-order valence-corrected chi connectivity index (χ2v) is 7.25. The van der Waals surface area contributed by atoms with Crippen LogP contribution in [0.4, 0.5) is 0 Å². The molecule has 0 amide bonds. The highest BCUT2D eigenvalue weighted by atomic mass is 32.1. The van der Waals surface area contributed by atoms with E-state index in [9.17, 15) is 5.11 Å². The molecule has 0 spiro atoms. The molecule has 0 aliphatic carbocycles. The molecule has 3 rings (SSSR count). The SMILES string of the molecule is Cc1ccsc1C(CN1CCC(O)CC1)N1CCNCC1. The Morgan fingerprint density at radius 3 is 2.62 bits per heavy atom. The van der Waals surface area contributed by atoms with E-state index < -0.39 is 0 Å². The topological polar surface area (TPSA) is 38.7 Å². The Bertz CT molecular complexity index is 436. The van der Waals surface area contributed by atoms with Gasteiger partial charge in [-0.25, -0.2) is 0 Å². The van der Waals surface area contributed by atoms with Gasteiger partial charge in [-0.15, -0.1) is 11.3 Å². The van der Waals surface area contributed by atoms with Crippen LogP contribution in [-0.2, 0) is 0 Å². The van der Waals surface area contributed by atoms with Gasteiger partial charge in [-0.1, -0.05) is 0 Å². The number of aliphatic hydroxyl groups is 1. The smallest absolute Gasteiger partial charge is 0.0572 e. The quantitative estimate of drug-likeness (QED) is 0.883. The fourth-order valence-corrected chi connectivity index (χ4v) is 4.48. The third-order valence-electron chi connectivity index (χ3n) is 4.78. The number of thiophene rings is 1. The van der Waals surface area contributed by atoms with Crippen molar-refractivity contribution in [3.05, 3.63) is 21.9 Å². The highest BCUT2D eigenvalue weighted by Gasteiger charge is 2.28. The molecule has 118 valence electrons. The molecule has 3 heterocycles. The molecule has 0 bridgehead atoms. The molecule has 1 unspecified atom stereocenters. The van der Waals surface area contributed by atoms with Gasteiger partial charge in [0.05, 0.1) is 12.1 Å². The maximum atomic E-state index is 9.69. The second-order valence-electron chi connectivity index (χ2n) is 6.30. The molecular formula is C16H27N3OS. The number of nitrogens with zero attached hydrogens (tertiary/aromatic N) is 2. The standard InChI is InChI=1S/C16H27N3OS/c1-13-4-11-21-16(13)15(19-9-5-17-6-10-19)12-18-7-2-14(20)3-8-18/h4,11,14-15,17,20H,2-3,5-10,12H2,1H3. The monoisotopic (exact) mass is 309 g/mol. The maximum absolute atomic E-state index is 9.69. The predicted octanol–water partition coefficient (Wildman–Crippen LogP) is 1.46. The van der Waals surface area contributed by atoms with E-state index in [0.717, 1.165) is 58.7 Å². The number of nitrogens with one attached hydrogen (secondary N) is 1. The van der Waals surface area contributed by atoms with E-state index in [-0.39, 0.29) is 6.10 Å². The zero-order chi connectivity index (χ0) is 14.7. The number of piperidine rings is 1. The Labute approximate surface area is 131 Å². The fourth-order valence-electron chi connectivity index (χ4n) is 3.43. The summed E-state index contributed by atoms with van der Waals surface area (Å²) >= 11 is 1.90. The predicted molar refractivity (Wildman–Crippen MR) is 87.9 cm³/mol. The lowest BCUT2D eigenvalue weighted by molar-refractivity contribution is 0.0595. The van der Waals surface area contributed by atoms with Crippen molar-refractivity contribution in [2.75, 3.05) is 45.8 Å². The summed E-state index contributed by atoms with van der Waals surface area (Å²) in [4.78, 5) is 6.71. The lowest BCUT2D eigenvalue weighted by Gasteiger charge is -2.39. The van der Waals surface area contributed by atoms with Crippen molar-refractivity contribution in [2.45, 2.75) is 31.9 Å². The summed E-state index contributed by atoms with van der Waals surface area (Å²) in [7, 11) is 0. The normalized spacial score (nSPS) is 24.3. The van der Waals surface area contributed by atoms with Crippen molar-refractivity contribution in [1.82, 2.24) is 15.1 Å². The third kappa shape index (κ3) is 3.85. The molecule has 0 radical (unpaired) electrons. The van der Waals surface area contributed by atoms with Crippen molar-refractivity contribution < 1.29 is 5.11 Å². The first-order valence-corrected chi connectivity index (χ1v) is 9.01. The molecular weight excluding hydrogens is 282 g/mol. The van der Waals surface area contributed by atoms with Gasteiger partial charge in [0.15, 0.2) is 0 Å². The molecule has 2 aliphatic rings. The zero-order valence-electron chi connectivity index (χ0n) is 12.9. The Morgan fingerprint density at radius 2 is 2.00 bits per heavy atom. The van der Waals surface area contributed by atoms with Gasteiger partial charge < -0.3 is 15.3 Å². The first kappa shape index (κ1) is 15.4. The summed E-state index contributed by atoms with van der Waals surface area (Å²) < 4.78 is 0. The Morgan fingerprint density at radius 1 is 1.29 bits per heavy atom. The van der Waals surface area contributed by atoms with Crippen LogP contribution in [0.5, 0.6) is 0 Å². The summed E-state index contributed by atoms with van der Waals surface area (Å²) in [5, 5.41) is 15.4.